The number of likely N-dealkylation sites (N-methyl/N-ethyl adjacent to an activating group) is 1. The molecule has 0 saturated carbocycles. The summed E-state index contributed by atoms with van der Waals surface area (Å²) in [5, 5.41) is 14.6. The second-order valence-corrected chi connectivity index (χ2v) is 7.89. The number of nitrogens with two attached hydrogens (primary N) is 1. The molecule has 1 aliphatic heterocycles. The number of hydrogen-bond donors (Lipinski definition) is 2. The fourth-order valence-electron chi connectivity index (χ4n) is 3.94. The fraction of sp³-hybridized carbons (Fsp3) is 0.227. The number of aromatic nitrogens is 4. The summed E-state index contributed by atoms with van der Waals surface area (Å²) in [5.41, 5.74) is 4.41. The Morgan fingerprint density at radius 1 is 1.12 bits per heavy atom. The van der Waals surface area contributed by atoms with E-state index in [4.69, 9.17) is 15.0 Å². The maximum absolute atomic E-state index is 14.9. The Bertz CT molecular complexity index is 1460. The quantitative estimate of drug-likeness (QED) is 0.461. The number of ether oxygens (including phenoxy) is 1. The number of amides is 1. The molecule has 10 nitrogen and oxygen atoms in total. The number of fused-ring (bicyclic) bond motifs is 1. The second kappa shape index (κ2) is 7.70. The van der Waals surface area contributed by atoms with Gasteiger partial charge in [-0.1, -0.05) is 5.16 Å². The topological polar surface area (TPSA) is 140 Å². The van der Waals surface area contributed by atoms with Gasteiger partial charge < -0.3 is 25.0 Å². The first-order valence-electron chi connectivity index (χ1n) is 10.1. The van der Waals surface area contributed by atoms with Gasteiger partial charge in [-0.25, -0.2) is 23.7 Å². The number of benzene rings is 1. The predicted molar refractivity (Wildman–Crippen MR) is 115 cm³/mol. The minimum absolute atomic E-state index is 0.0277. The summed E-state index contributed by atoms with van der Waals surface area (Å²) in [7, 11) is 2.96. The molecular weight excluding hydrogens is 450 g/mol. The van der Waals surface area contributed by atoms with E-state index in [1.807, 2.05) is 0 Å². The first-order chi connectivity index (χ1) is 16.2. The maximum atomic E-state index is 14.9. The van der Waals surface area contributed by atoms with Crippen LogP contribution in [-0.2, 0) is 10.4 Å². The second-order valence-electron chi connectivity index (χ2n) is 7.89. The van der Waals surface area contributed by atoms with E-state index in [2.05, 4.69) is 20.1 Å². The summed E-state index contributed by atoms with van der Waals surface area (Å²) in [6.07, 6.45) is 1.35. The molecule has 1 aromatic carbocycles. The zero-order valence-electron chi connectivity index (χ0n) is 18.0. The van der Waals surface area contributed by atoms with Crippen molar-refractivity contribution in [3.8, 4) is 28.3 Å². The highest BCUT2D eigenvalue weighted by atomic mass is 19.1. The van der Waals surface area contributed by atoms with Crippen molar-refractivity contribution in [2.24, 2.45) is 0 Å². The molecule has 12 heteroatoms. The molecule has 1 aliphatic rings. The average Bonchev–Trinajstić information content (AvgIpc) is 3.41. The van der Waals surface area contributed by atoms with Crippen molar-refractivity contribution in [1.82, 2.24) is 25.0 Å². The van der Waals surface area contributed by atoms with Crippen molar-refractivity contribution >= 4 is 22.8 Å². The lowest BCUT2D eigenvalue weighted by molar-refractivity contribution is -0.144. The molecule has 4 aromatic rings. The number of methoxy groups -OCH3 is 1. The third kappa shape index (κ3) is 3.22. The molecule has 1 fully saturated rings. The Morgan fingerprint density at radius 2 is 1.85 bits per heavy atom. The van der Waals surface area contributed by atoms with Crippen molar-refractivity contribution in [2.75, 3.05) is 26.4 Å². The summed E-state index contributed by atoms with van der Waals surface area (Å²) in [4.78, 5) is 26.0. The largest absolute Gasteiger partial charge is 0.494 e. The van der Waals surface area contributed by atoms with Crippen LogP contribution in [0, 0.1) is 11.6 Å². The Labute approximate surface area is 191 Å². The number of pyridine rings is 1. The van der Waals surface area contributed by atoms with Gasteiger partial charge in [0.25, 0.3) is 5.91 Å². The molecular formula is C22H18F2N6O4. The number of rotatable bonds is 4. The number of aliphatic hydroxyl groups is 1. The molecule has 1 amide bonds. The van der Waals surface area contributed by atoms with Gasteiger partial charge in [0.05, 0.1) is 12.8 Å². The molecule has 5 rings (SSSR count). The van der Waals surface area contributed by atoms with E-state index in [-0.39, 0.29) is 51.8 Å². The van der Waals surface area contributed by atoms with Crippen molar-refractivity contribution in [1.29, 1.82) is 0 Å². The predicted octanol–water partition coefficient (Wildman–Crippen LogP) is 2.27. The van der Waals surface area contributed by atoms with Crippen molar-refractivity contribution in [3.05, 3.63) is 48.0 Å². The van der Waals surface area contributed by atoms with Gasteiger partial charge in [0.1, 0.15) is 40.4 Å². The summed E-state index contributed by atoms with van der Waals surface area (Å²) >= 11 is 0. The van der Waals surface area contributed by atoms with Crippen LogP contribution in [-0.4, -0.2) is 56.7 Å². The van der Waals surface area contributed by atoms with Gasteiger partial charge in [0.15, 0.2) is 11.6 Å². The van der Waals surface area contributed by atoms with E-state index in [9.17, 15) is 18.7 Å². The lowest BCUT2D eigenvalue weighted by atomic mass is 9.97. The molecule has 0 aliphatic carbocycles. The zero-order valence-corrected chi connectivity index (χ0v) is 18.0. The van der Waals surface area contributed by atoms with Crippen molar-refractivity contribution in [3.63, 3.8) is 0 Å². The van der Waals surface area contributed by atoms with E-state index in [1.165, 1.54) is 36.5 Å². The fourth-order valence-corrected chi connectivity index (χ4v) is 3.94. The van der Waals surface area contributed by atoms with Crippen LogP contribution in [0.4, 0.5) is 14.6 Å². The van der Waals surface area contributed by atoms with Crippen LogP contribution in [0.2, 0.25) is 0 Å². The monoisotopic (exact) mass is 468 g/mol. The van der Waals surface area contributed by atoms with Gasteiger partial charge in [-0.2, -0.15) is 0 Å². The van der Waals surface area contributed by atoms with Gasteiger partial charge in [-0.15, -0.1) is 0 Å². The van der Waals surface area contributed by atoms with Gasteiger partial charge in [-0.05, 0) is 6.07 Å². The number of halogens is 2. The zero-order chi connectivity index (χ0) is 24.2. The molecule has 0 spiro atoms. The molecule has 174 valence electrons. The smallest absolute Gasteiger partial charge is 0.262 e. The summed E-state index contributed by atoms with van der Waals surface area (Å²) in [6, 6.07) is 4.59. The maximum Gasteiger partial charge on any atom is 0.262 e. The summed E-state index contributed by atoms with van der Waals surface area (Å²) in [5.74, 6) is -2.15. The van der Waals surface area contributed by atoms with Gasteiger partial charge >= 0.3 is 0 Å². The SMILES string of the molecule is COc1cc(-c2cc(-c3cc(C4(O)CCN(C)C4=O)on3)c(F)cc2F)nc2c(N)ncnc12. The van der Waals surface area contributed by atoms with Crippen LogP contribution in [0.3, 0.4) is 0 Å². The van der Waals surface area contributed by atoms with E-state index in [0.717, 1.165) is 0 Å². The van der Waals surface area contributed by atoms with E-state index in [0.29, 0.717) is 18.1 Å². The molecule has 34 heavy (non-hydrogen) atoms. The number of carbonyl (C=O) groups is 1. The molecule has 3 aromatic heterocycles. The molecule has 1 atom stereocenters. The molecule has 1 saturated heterocycles. The van der Waals surface area contributed by atoms with Gasteiger partial charge in [0, 0.05) is 49.3 Å². The number of likely N-dealkylation sites (tertiary alicyclic amines) is 1. The Balaban J connectivity index is 1.63. The first-order valence-corrected chi connectivity index (χ1v) is 10.1. The molecule has 4 heterocycles. The van der Waals surface area contributed by atoms with Crippen LogP contribution in [0.25, 0.3) is 33.5 Å². The van der Waals surface area contributed by atoms with Crippen molar-refractivity contribution < 1.29 is 27.9 Å². The van der Waals surface area contributed by atoms with E-state index in [1.54, 1.807) is 7.05 Å². The Hall–Kier alpha value is -4.19. The minimum Gasteiger partial charge on any atom is -0.494 e. The van der Waals surface area contributed by atoms with E-state index >= 15 is 0 Å². The average molecular weight is 468 g/mol. The van der Waals surface area contributed by atoms with E-state index < -0.39 is 23.1 Å². The standard InChI is InChI=1S/C22H18F2N6O4/c1-30-4-3-22(32,21(30)31)17-8-15(29-34-17)11-5-10(12(23)6-13(11)24)14-7-16(33-2)18-19(28-14)20(25)27-9-26-18/h5-9,32H,3-4H2,1-2H3,(H2,25,26,27). The van der Waals surface area contributed by atoms with Crippen molar-refractivity contribution in [2.45, 2.75) is 12.0 Å². The van der Waals surface area contributed by atoms with Gasteiger partial charge in [0.2, 0.25) is 5.60 Å². The highest BCUT2D eigenvalue weighted by Gasteiger charge is 2.48. The van der Waals surface area contributed by atoms with Gasteiger partial charge in [-0.3, -0.25) is 4.79 Å². The molecule has 1 unspecified atom stereocenters. The Morgan fingerprint density at radius 3 is 2.53 bits per heavy atom. The lowest BCUT2D eigenvalue weighted by Gasteiger charge is -2.16. The minimum atomic E-state index is -1.90. The van der Waals surface area contributed by atoms with Crippen LogP contribution in [0.1, 0.15) is 12.2 Å². The number of nitrogen functional groups attached to an aromatic ring is 1. The summed E-state index contributed by atoms with van der Waals surface area (Å²) in [6.45, 7) is 0.322. The number of carbonyl (C=O) groups excluding carboxylic acids is 1. The molecule has 0 radical (unpaired) electrons. The normalized spacial score (nSPS) is 18.1. The van der Waals surface area contributed by atoms with Crippen LogP contribution >= 0.6 is 0 Å². The van der Waals surface area contributed by atoms with Crippen LogP contribution in [0.15, 0.2) is 35.1 Å². The third-order valence-electron chi connectivity index (χ3n) is 5.84. The first kappa shape index (κ1) is 21.6. The number of nitrogens with zero attached hydrogens (tertiary/aromatic N) is 5. The summed E-state index contributed by atoms with van der Waals surface area (Å²) < 4.78 is 40.2. The molecule has 3 N–H and O–H groups in total. The Kier molecular flexibility index (Phi) is 4.90. The van der Waals surface area contributed by atoms with Crippen LogP contribution < -0.4 is 10.5 Å². The highest BCUT2D eigenvalue weighted by Crippen LogP contribution is 2.37. The third-order valence-corrected chi connectivity index (χ3v) is 5.84. The number of hydrogen-bond acceptors (Lipinski definition) is 9. The highest BCUT2D eigenvalue weighted by molar-refractivity contribution is 5.91. The number of anilines is 1. The lowest BCUT2D eigenvalue weighted by Crippen LogP contribution is -2.35. The molecule has 0 bridgehead atoms. The van der Waals surface area contributed by atoms with Crippen LogP contribution in [0.5, 0.6) is 5.75 Å².